The minimum atomic E-state index is -3.96. The third kappa shape index (κ3) is 4.41. The van der Waals surface area contributed by atoms with Crippen molar-refractivity contribution in [3.05, 3.63) is 88.9 Å². The molecule has 7 rings (SSSR count). The molecule has 0 spiro atoms. The molecule has 4 saturated carbocycles. The lowest BCUT2D eigenvalue weighted by Gasteiger charge is -2.57. The van der Waals surface area contributed by atoms with Gasteiger partial charge in [-0.05, 0) is 110 Å². The van der Waals surface area contributed by atoms with E-state index in [0.29, 0.717) is 16.8 Å². The summed E-state index contributed by atoms with van der Waals surface area (Å²) >= 11 is 6.21. The number of carbonyl (C=O) groups is 1. The Bertz CT molecular complexity index is 1370. The lowest BCUT2D eigenvalue weighted by atomic mass is 9.48. The van der Waals surface area contributed by atoms with E-state index in [1.807, 2.05) is 12.1 Å². The largest absolute Gasteiger partial charge is 0.322 e. The summed E-state index contributed by atoms with van der Waals surface area (Å²) < 4.78 is 28.4. The molecule has 0 saturated heterocycles. The normalized spacial score (nSPS) is 26.5. The van der Waals surface area contributed by atoms with Crippen molar-refractivity contribution in [3.63, 3.8) is 0 Å². The van der Waals surface area contributed by atoms with Crippen LogP contribution in [0.25, 0.3) is 0 Å². The number of halogens is 1. The molecule has 1 amide bonds. The van der Waals surface area contributed by atoms with E-state index in [-0.39, 0.29) is 21.4 Å². The molecule has 0 aliphatic heterocycles. The maximum Gasteiger partial charge on any atom is 0.263 e. The molecule has 0 unspecified atom stereocenters. The molecule has 0 atom stereocenters. The van der Waals surface area contributed by atoms with E-state index in [2.05, 4.69) is 22.2 Å². The molecule has 0 radical (unpaired) electrons. The third-order valence-electron chi connectivity index (χ3n) is 8.30. The summed E-state index contributed by atoms with van der Waals surface area (Å²) in [5.74, 6) is 2.25. The predicted molar refractivity (Wildman–Crippen MR) is 143 cm³/mol. The van der Waals surface area contributed by atoms with Crippen LogP contribution in [0.3, 0.4) is 0 Å². The number of benzene rings is 3. The SMILES string of the molecule is O=C(Nc1ccc(C23CC4CC(CC(C4)C2)C3)cc1)c1ccc(Cl)c(S(=O)(=O)Nc2ccccc2)c1. The van der Waals surface area contributed by atoms with Crippen molar-refractivity contribution in [3.8, 4) is 0 Å². The first-order valence-corrected chi connectivity index (χ1v) is 14.5. The molecule has 2 N–H and O–H groups in total. The highest BCUT2D eigenvalue weighted by atomic mass is 35.5. The van der Waals surface area contributed by atoms with Crippen LogP contribution >= 0.6 is 11.6 Å². The van der Waals surface area contributed by atoms with Crippen molar-refractivity contribution in [1.29, 1.82) is 0 Å². The van der Waals surface area contributed by atoms with Gasteiger partial charge < -0.3 is 5.32 Å². The van der Waals surface area contributed by atoms with Crippen LogP contribution < -0.4 is 10.0 Å². The van der Waals surface area contributed by atoms with Gasteiger partial charge in [0.25, 0.3) is 15.9 Å². The molecule has 7 heteroatoms. The van der Waals surface area contributed by atoms with E-state index in [4.69, 9.17) is 11.6 Å². The van der Waals surface area contributed by atoms with Crippen LogP contribution in [-0.4, -0.2) is 14.3 Å². The first-order valence-electron chi connectivity index (χ1n) is 12.6. The first kappa shape index (κ1) is 23.6. The Balaban J connectivity index is 1.19. The topological polar surface area (TPSA) is 75.3 Å². The van der Waals surface area contributed by atoms with E-state index >= 15 is 0 Å². The zero-order chi connectivity index (χ0) is 24.9. The second-order valence-electron chi connectivity index (χ2n) is 10.8. The van der Waals surface area contributed by atoms with Crippen molar-refractivity contribution in [2.75, 3.05) is 10.0 Å². The molecule has 4 fully saturated rings. The van der Waals surface area contributed by atoms with Gasteiger partial charge in [0.2, 0.25) is 0 Å². The van der Waals surface area contributed by atoms with Crippen LogP contribution in [0.2, 0.25) is 5.02 Å². The summed E-state index contributed by atoms with van der Waals surface area (Å²) in [4.78, 5) is 12.9. The number of anilines is 2. The van der Waals surface area contributed by atoms with Gasteiger partial charge in [-0.2, -0.15) is 0 Å². The second kappa shape index (κ2) is 8.93. The first-order chi connectivity index (χ1) is 17.3. The Morgan fingerprint density at radius 2 is 1.42 bits per heavy atom. The quantitative estimate of drug-likeness (QED) is 0.372. The molecule has 4 bridgehead atoms. The van der Waals surface area contributed by atoms with Gasteiger partial charge in [-0.25, -0.2) is 8.42 Å². The fraction of sp³-hybridized carbons (Fsp3) is 0.345. The molecule has 0 heterocycles. The van der Waals surface area contributed by atoms with Crippen LogP contribution in [0.15, 0.2) is 77.7 Å². The van der Waals surface area contributed by atoms with Gasteiger partial charge in [-0.1, -0.05) is 41.9 Å². The summed E-state index contributed by atoms with van der Waals surface area (Å²) in [7, 11) is -3.96. The predicted octanol–water partition coefficient (Wildman–Crippen LogP) is 6.86. The average molecular weight is 521 g/mol. The number of sulfonamides is 1. The molecule has 4 aliphatic rings. The summed E-state index contributed by atoms with van der Waals surface area (Å²) in [6, 6.07) is 21.1. The zero-order valence-electron chi connectivity index (χ0n) is 19.9. The van der Waals surface area contributed by atoms with Crippen LogP contribution in [-0.2, 0) is 15.4 Å². The molecular weight excluding hydrogens is 492 g/mol. The van der Waals surface area contributed by atoms with Crippen molar-refractivity contribution in [2.45, 2.75) is 48.8 Å². The van der Waals surface area contributed by atoms with Crippen molar-refractivity contribution in [1.82, 2.24) is 0 Å². The standard InChI is InChI=1S/C29H29ClN2O3S/c30-26-11-6-22(15-27(26)36(34,35)32-25-4-2-1-3-5-25)28(33)31-24-9-7-23(8-10-24)29-16-19-12-20(17-29)14-21(13-19)18-29/h1-11,15,19-21,32H,12-14,16-18H2,(H,31,33). The maximum atomic E-state index is 13.0. The van der Waals surface area contributed by atoms with Crippen molar-refractivity contribution >= 4 is 38.9 Å². The van der Waals surface area contributed by atoms with Gasteiger partial charge >= 0.3 is 0 Å². The number of hydrogen-bond donors (Lipinski definition) is 2. The lowest BCUT2D eigenvalue weighted by molar-refractivity contribution is -0.00518. The van der Waals surface area contributed by atoms with Crippen molar-refractivity contribution in [2.24, 2.45) is 17.8 Å². The van der Waals surface area contributed by atoms with E-state index in [1.54, 1.807) is 30.3 Å². The molecule has 0 aromatic heterocycles. The Labute approximate surface area is 217 Å². The van der Waals surface area contributed by atoms with Gasteiger partial charge in [0, 0.05) is 16.9 Å². The molecule has 186 valence electrons. The summed E-state index contributed by atoms with van der Waals surface area (Å²) in [6.45, 7) is 0. The van der Waals surface area contributed by atoms with Gasteiger partial charge in [-0.3, -0.25) is 9.52 Å². The Morgan fingerprint density at radius 3 is 2.03 bits per heavy atom. The lowest BCUT2D eigenvalue weighted by Crippen LogP contribution is -2.48. The molecule has 5 nitrogen and oxygen atoms in total. The number of amides is 1. The van der Waals surface area contributed by atoms with Crippen molar-refractivity contribution < 1.29 is 13.2 Å². The smallest absolute Gasteiger partial charge is 0.263 e. The molecule has 3 aromatic rings. The Morgan fingerprint density at radius 1 is 0.806 bits per heavy atom. The number of rotatable bonds is 6. The fourth-order valence-corrected chi connectivity index (χ4v) is 8.73. The van der Waals surface area contributed by atoms with Crippen LogP contribution in [0, 0.1) is 17.8 Å². The molecule has 3 aromatic carbocycles. The van der Waals surface area contributed by atoms with E-state index in [0.717, 1.165) is 17.8 Å². The maximum absolute atomic E-state index is 13.0. The van der Waals surface area contributed by atoms with Gasteiger partial charge in [-0.15, -0.1) is 0 Å². The van der Waals surface area contributed by atoms with Crippen LogP contribution in [0.4, 0.5) is 11.4 Å². The number of para-hydroxylation sites is 1. The van der Waals surface area contributed by atoms with Crippen LogP contribution in [0.5, 0.6) is 0 Å². The van der Waals surface area contributed by atoms with E-state index < -0.39 is 10.0 Å². The molecule has 4 aliphatic carbocycles. The second-order valence-corrected chi connectivity index (χ2v) is 12.9. The highest BCUT2D eigenvalue weighted by molar-refractivity contribution is 7.92. The molecular formula is C29H29ClN2O3S. The zero-order valence-corrected chi connectivity index (χ0v) is 21.5. The minimum absolute atomic E-state index is 0.0508. The molecule has 36 heavy (non-hydrogen) atoms. The summed E-state index contributed by atoms with van der Waals surface area (Å²) in [6.07, 6.45) is 8.12. The Kier molecular flexibility index (Phi) is 5.84. The summed E-state index contributed by atoms with van der Waals surface area (Å²) in [5.41, 5.74) is 3.03. The minimum Gasteiger partial charge on any atom is -0.322 e. The van der Waals surface area contributed by atoms with Gasteiger partial charge in [0.05, 0.1) is 5.02 Å². The van der Waals surface area contributed by atoms with E-state index in [9.17, 15) is 13.2 Å². The van der Waals surface area contributed by atoms with Crippen LogP contribution in [0.1, 0.15) is 54.4 Å². The number of hydrogen-bond acceptors (Lipinski definition) is 3. The monoisotopic (exact) mass is 520 g/mol. The highest BCUT2D eigenvalue weighted by Gasteiger charge is 2.51. The average Bonchev–Trinajstić information content (AvgIpc) is 2.84. The summed E-state index contributed by atoms with van der Waals surface area (Å²) in [5, 5.41) is 2.96. The number of nitrogens with one attached hydrogen (secondary N) is 2. The highest BCUT2D eigenvalue weighted by Crippen LogP contribution is 2.60. The fourth-order valence-electron chi connectivity index (χ4n) is 7.14. The van der Waals surface area contributed by atoms with E-state index in [1.165, 1.54) is 62.3 Å². The van der Waals surface area contributed by atoms with Gasteiger partial charge in [0.15, 0.2) is 0 Å². The Hall–Kier alpha value is -2.83. The number of carbonyl (C=O) groups excluding carboxylic acids is 1. The third-order valence-corrected chi connectivity index (χ3v) is 10.2. The van der Waals surface area contributed by atoms with Gasteiger partial charge in [0.1, 0.15) is 4.90 Å².